The zero-order chi connectivity index (χ0) is 21.8. The number of rotatable bonds is 2. The van der Waals surface area contributed by atoms with Crippen LogP contribution in [0.4, 0.5) is 13.2 Å². The summed E-state index contributed by atoms with van der Waals surface area (Å²) < 4.78 is 42.0. The average Bonchev–Trinajstić information content (AvgIpc) is 3.04. The van der Waals surface area contributed by atoms with Crippen molar-refractivity contribution in [1.82, 2.24) is 29.1 Å². The van der Waals surface area contributed by atoms with E-state index in [1.807, 2.05) is 6.07 Å². The van der Waals surface area contributed by atoms with Crippen LogP contribution in [0.5, 0.6) is 0 Å². The van der Waals surface area contributed by atoms with Gasteiger partial charge in [-0.25, -0.2) is 9.97 Å². The molecule has 5 rings (SSSR count). The van der Waals surface area contributed by atoms with E-state index in [1.165, 1.54) is 18.6 Å². The quantitative estimate of drug-likeness (QED) is 0.469. The molecular weight excluding hydrogens is 407 g/mol. The van der Waals surface area contributed by atoms with Crippen LogP contribution < -0.4 is 5.62 Å². The molecule has 0 amide bonds. The van der Waals surface area contributed by atoms with Gasteiger partial charge in [-0.2, -0.15) is 13.2 Å². The summed E-state index contributed by atoms with van der Waals surface area (Å²) in [5.74, 6) is 0. The Morgan fingerprint density at radius 2 is 1.65 bits per heavy atom. The first kappa shape index (κ1) is 18.9. The van der Waals surface area contributed by atoms with Crippen molar-refractivity contribution in [3.05, 3.63) is 72.8 Å². The number of imidazole rings is 1. The monoisotopic (exact) mass is 421 g/mol. The fourth-order valence-corrected chi connectivity index (χ4v) is 3.59. The van der Waals surface area contributed by atoms with Gasteiger partial charge < -0.3 is 4.57 Å². The predicted molar refractivity (Wildman–Crippen MR) is 107 cm³/mol. The summed E-state index contributed by atoms with van der Waals surface area (Å²) in [6, 6.07) is 7.78. The van der Waals surface area contributed by atoms with Gasteiger partial charge in [0.15, 0.2) is 0 Å². The molecule has 0 radical (unpaired) electrons. The van der Waals surface area contributed by atoms with Crippen LogP contribution in [0, 0.1) is 5.41 Å². The molecule has 0 atom stereocenters. The van der Waals surface area contributed by atoms with E-state index in [1.54, 1.807) is 46.9 Å². The first-order valence-corrected chi connectivity index (χ1v) is 9.18. The number of hydrogen-bond donors (Lipinski definition) is 1. The summed E-state index contributed by atoms with van der Waals surface area (Å²) in [6.07, 6.45) is 3.04. The summed E-state index contributed by atoms with van der Waals surface area (Å²) in [4.78, 5) is 16.1. The Hall–Kier alpha value is -4.08. The molecule has 31 heavy (non-hydrogen) atoms. The maximum Gasteiger partial charge on any atom is 0.433 e. The Morgan fingerprint density at radius 1 is 0.903 bits per heavy atom. The second kappa shape index (κ2) is 6.73. The normalized spacial score (nSPS) is 12.0. The van der Waals surface area contributed by atoms with E-state index in [9.17, 15) is 13.2 Å². The van der Waals surface area contributed by atoms with Crippen LogP contribution in [0.3, 0.4) is 0 Å². The molecule has 0 bridgehead atoms. The highest BCUT2D eigenvalue weighted by atomic mass is 19.4. The van der Waals surface area contributed by atoms with Gasteiger partial charge in [-0.3, -0.25) is 19.9 Å². The third-order valence-electron chi connectivity index (χ3n) is 5.13. The molecule has 0 saturated carbocycles. The van der Waals surface area contributed by atoms with Gasteiger partial charge in [0.2, 0.25) is 5.62 Å². The Morgan fingerprint density at radius 3 is 2.32 bits per heavy atom. The number of alkyl halides is 3. The van der Waals surface area contributed by atoms with Gasteiger partial charge >= 0.3 is 6.18 Å². The molecule has 0 aliphatic heterocycles. The van der Waals surface area contributed by atoms with Gasteiger partial charge in [-0.05, 0) is 23.8 Å². The minimum Gasteiger partial charge on any atom is -0.312 e. The van der Waals surface area contributed by atoms with E-state index in [2.05, 4.69) is 19.9 Å². The van der Waals surface area contributed by atoms with E-state index in [-0.39, 0.29) is 5.62 Å². The number of pyridine rings is 2. The van der Waals surface area contributed by atoms with Crippen molar-refractivity contribution in [1.29, 1.82) is 5.41 Å². The Kier molecular flexibility index (Phi) is 4.10. The summed E-state index contributed by atoms with van der Waals surface area (Å²) in [5, 5.41) is 9.31. The minimum atomic E-state index is -4.49. The van der Waals surface area contributed by atoms with Crippen molar-refractivity contribution in [2.45, 2.75) is 6.18 Å². The summed E-state index contributed by atoms with van der Waals surface area (Å²) in [6.45, 7) is 0. The molecule has 10 heteroatoms. The van der Waals surface area contributed by atoms with Gasteiger partial charge in [0.05, 0.1) is 40.8 Å². The highest BCUT2D eigenvalue weighted by molar-refractivity contribution is 6.04. The van der Waals surface area contributed by atoms with Gasteiger partial charge in [0.25, 0.3) is 0 Å². The molecule has 4 aromatic heterocycles. The van der Waals surface area contributed by atoms with Crippen molar-refractivity contribution in [3.63, 3.8) is 0 Å². The fourth-order valence-electron chi connectivity index (χ4n) is 3.59. The highest BCUT2D eigenvalue weighted by Gasteiger charge is 2.32. The van der Waals surface area contributed by atoms with Gasteiger partial charge in [0.1, 0.15) is 12.0 Å². The lowest BCUT2D eigenvalue weighted by Gasteiger charge is -2.09. The fraction of sp³-hybridized carbons (Fsp3) is 0.0952. The summed E-state index contributed by atoms with van der Waals surface area (Å²) in [5.41, 5.74) is 3.26. The van der Waals surface area contributed by atoms with E-state index in [0.29, 0.717) is 22.3 Å². The van der Waals surface area contributed by atoms with Crippen LogP contribution in [0.2, 0.25) is 0 Å². The van der Waals surface area contributed by atoms with E-state index < -0.39 is 11.9 Å². The standard InChI is InChI=1S/C21H14F3N7/c1-30-17-10-28-16-4-2-12(13-3-5-18(29-7-13)21(22,23)24)6-15(16)19(17)31(20(30)25)14-8-26-11-27-9-14/h2-11,25H,1H3. The molecule has 0 aliphatic carbocycles. The van der Waals surface area contributed by atoms with Crippen molar-refractivity contribution >= 4 is 21.9 Å². The number of halogens is 3. The molecule has 1 aromatic carbocycles. The first-order chi connectivity index (χ1) is 14.8. The van der Waals surface area contributed by atoms with Crippen molar-refractivity contribution in [3.8, 4) is 16.8 Å². The number of aryl methyl sites for hydroxylation is 1. The molecule has 5 aromatic rings. The van der Waals surface area contributed by atoms with Gasteiger partial charge in [-0.1, -0.05) is 12.1 Å². The van der Waals surface area contributed by atoms with Crippen LogP contribution >= 0.6 is 0 Å². The molecule has 1 N–H and O–H groups in total. The predicted octanol–water partition coefficient (Wildman–Crippen LogP) is 3.87. The highest BCUT2D eigenvalue weighted by Crippen LogP contribution is 2.31. The number of nitrogens with zero attached hydrogens (tertiary/aromatic N) is 6. The topological polar surface area (TPSA) is 85.3 Å². The Labute approximate surface area is 173 Å². The second-order valence-corrected chi connectivity index (χ2v) is 6.97. The van der Waals surface area contributed by atoms with Crippen LogP contribution in [-0.2, 0) is 13.2 Å². The maximum atomic E-state index is 12.8. The van der Waals surface area contributed by atoms with E-state index in [4.69, 9.17) is 5.41 Å². The lowest BCUT2D eigenvalue weighted by molar-refractivity contribution is -0.141. The molecule has 7 nitrogen and oxygen atoms in total. The second-order valence-electron chi connectivity index (χ2n) is 6.97. The molecule has 0 spiro atoms. The molecule has 4 heterocycles. The molecule has 0 saturated heterocycles. The minimum absolute atomic E-state index is 0.209. The van der Waals surface area contributed by atoms with Crippen molar-refractivity contribution < 1.29 is 13.2 Å². The Bertz CT molecular complexity index is 1480. The zero-order valence-corrected chi connectivity index (χ0v) is 16.1. The van der Waals surface area contributed by atoms with Crippen molar-refractivity contribution in [2.75, 3.05) is 0 Å². The van der Waals surface area contributed by atoms with Crippen LogP contribution in [-0.4, -0.2) is 29.1 Å². The molecule has 0 aliphatic rings. The number of aromatic nitrogens is 6. The maximum absolute atomic E-state index is 12.8. The van der Waals surface area contributed by atoms with E-state index >= 15 is 0 Å². The molecule has 0 fully saturated rings. The largest absolute Gasteiger partial charge is 0.433 e. The van der Waals surface area contributed by atoms with Crippen molar-refractivity contribution in [2.24, 2.45) is 7.05 Å². The number of benzene rings is 1. The number of nitrogens with one attached hydrogen (secondary N) is 1. The SMILES string of the molecule is Cn1c(=N)n(-c2cncnc2)c2c3cc(-c4ccc(C(F)(F)F)nc4)ccc3ncc21. The lowest BCUT2D eigenvalue weighted by Crippen LogP contribution is -2.21. The van der Waals surface area contributed by atoms with Gasteiger partial charge in [-0.15, -0.1) is 0 Å². The molecular formula is C21H14F3N7. The van der Waals surface area contributed by atoms with Gasteiger partial charge in [0, 0.05) is 24.2 Å². The smallest absolute Gasteiger partial charge is 0.312 e. The summed E-state index contributed by atoms with van der Waals surface area (Å²) >= 11 is 0. The first-order valence-electron chi connectivity index (χ1n) is 9.18. The average molecular weight is 421 g/mol. The lowest BCUT2D eigenvalue weighted by atomic mass is 10.0. The van der Waals surface area contributed by atoms with Crippen LogP contribution in [0.25, 0.3) is 38.8 Å². The van der Waals surface area contributed by atoms with Crippen LogP contribution in [0.15, 0.2) is 61.4 Å². The van der Waals surface area contributed by atoms with Crippen LogP contribution in [0.1, 0.15) is 5.69 Å². The Balaban J connectivity index is 1.77. The van der Waals surface area contributed by atoms with E-state index in [0.717, 1.165) is 22.5 Å². The molecule has 0 unspecified atom stereocenters. The molecule has 154 valence electrons. The third kappa shape index (κ3) is 3.03. The zero-order valence-electron chi connectivity index (χ0n) is 16.1. The third-order valence-corrected chi connectivity index (χ3v) is 5.13. The summed E-state index contributed by atoms with van der Waals surface area (Å²) in [7, 11) is 1.77. The number of hydrogen-bond acceptors (Lipinski definition) is 5. The number of fused-ring (bicyclic) bond motifs is 3.